The molecule has 15 heavy (non-hydrogen) atoms. The molecule has 0 aliphatic rings. The van der Waals surface area contributed by atoms with E-state index >= 15 is 0 Å². The molecule has 0 fully saturated rings. The highest BCUT2D eigenvalue weighted by Gasteiger charge is 1.94. The van der Waals surface area contributed by atoms with Gasteiger partial charge in [0.2, 0.25) is 5.91 Å². The minimum Gasteiger partial charge on any atom is -0.507 e. The lowest BCUT2D eigenvalue weighted by molar-refractivity contribution is -0.120. The van der Waals surface area contributed by atoms with E-state index in [0.29, 0.717) is 18.5 Å². The lowest BCUT2D eigenvalue weighted by Crippen LogP contribution is -2.22. The summed E-state index contributed by atoms with van der Waals surface area (Å²) in [5, 5.41) is 12.0. The van der Waals surface area contributed by atoms with Crippen molar-refractivity contribution in [2.24, 2.45) is 0 Å². The van der Waals surface area contributed by atoms with Gasteiger partial charge < -0.3 is 10.4 Å². The summed E-state index contributed by atoms with van der Waals surface area (Å²) in [4.78, 5) is 10.9. The SMILES string of the molecule is CCC(=O)NCC#Cc1ccccc1O. The Balaban J connectivity index is 2.52. The van der Waals surface area contributed by atoms with Gasteiger partial charge in [-0.25, -0.2) is 0 Å². The quantitative estimate of drug-likeness (QED) is 0.711. The molecule has 0 saturated carbocycles. The number of nitrogens with one attached hydrogen (secondary N) is 1. The van der Waals surface area contributed by atoms with E-state index in [1.54, 1.807) is 31.2 Å². The number of hydrogen-bond acceptors (Lipinski definition) is 2. The number of aromatic hydroxyl groups is 1. The fraction of sp³-hybridized carbons (Fsp3) is 0.250. The first kappa shape index (κ1) is 11.1. The van der Waals surface area contributed by atoms with Crippen LogP contribution >= 0.6 is 0 Å². The van der Waals surface area contributed by atoms with Gasteiger partial charge in [0.1, 0.15) is 5.75 Å². The summed E-state index contributed by atoms with van der Waals surface area (Å²) in [6, 6.07) is 6.84. The highest BCUT2D eigenvalue weighted by atomic mass is 16.3. The van der Waals surface area contributed by atoms with Gasteiger partial charge in [-0.05, 0) is 12.1 Å². The highest BCUT2D eigenvalue weighted by molar-refractivity contribution is 5.75. The number of amides is 1. The van der Waals surface area contributed by atoms with Crippen molar-refractivity contribution >= 4 is 5.91 Å². The molecule has 2 N–H and O–H groups in total. The molecule has 78 valence electrons. The molecular weight excluding hydrogens is 190 g/mol. The third-order valence-corrected chi connectivity index (χ3v) is 1.82. The van der Waals surface area contributed by atoms with Crippen LogP contribution in [0.2, 0.25) is 0 Å². The van der Waals surface area contributed by atoms with Crippen molar-refractivity contribution in [2.45, 2.75) is 13.3 Å². The Bertz CT molecular complexity index is 402. The fourth-order valence-electron chi connectivity index (χ4n) is 0.987. The first-order chi connectivity index (χ1) is 7.24. The normalized spacial score (nSPS) is 8.87. The van der Waals surface area contributed by atoms with E-state index in [9.17, 15) is 9.90 Å². The number of para-hydroxylation sites is 1. The van der Waals surface area contributed by atoms with Crippen LogP contribution in [0, 0.1) is 11.8 Å². The molecular formula is C12H13NO2. The second-order valence-electron chi connectivity index (χ2n) is 2.95. The van der Waals surface area contributed by atoms with Crippen LogP contribution in [0.4, 0.5) is 0 Å². The molecule has 0 radical (unpaired) electrons. The highest BCUT2D eigenvalue weighted by Crippen LogP contribution is 2.13. The zero-order valence-electron chi connectivity index (χ0n) is 8.58. The summed E-state index contributed by atoms with van der Waals surface area (Å²) in [7, 11) is 0. The maximum atomic E-state index is 10.9. The van der Waals surface area contributed by atoms with Crippen LogP contribution in [0.25, 0.3) is 0 Å². The van der Waals surface area contributed by atoms with Gasteiger partial charge in [-0.3, -0.25) is 4.79 Å². The fourth-order valence-corrected chi connectivity index (χ4v) is 0.987. The van der Waals surface area contributed by atoms with Gasteiger partial charge in [0.15, 0.2) is 0 Å². The molecule has 0 saturated heterocycles. The van der Waals surface area contributed by atoms with Crippen LogP contribution in [0.15, 0.2) is 24.3 Å². The van der Waals surface area contributed by atoms with E-state index < -0.39 is 0 Å². The van der Waals surface area contributed by atoms with E-state index in [4.69, 9.17) is 0 Å². The van der Waals surface area contributed by atoms with E-state index in [2.05, 4.69) is 17.2 Å². The van der Waals surface area contributed by atoms with E-state index in [1.807, 2.05) is 0 Å². The van der Waals surface area contributed by atoms with E-state index in [-0.39, 0.29) is 11.7 Å². The second-order valence-corrected chi connectivity index (χ2v) is 2.95. The Kier molecular flexibility index (Phi) is 4.24. The van der Waals surface area contributed by atoms with Crippen molar-refractivity contribution in [3.05, 3.63) is 29.8 Å². The average Bonchev–Trinajstić information content (AvgIpc) is 2.26. The van der Waals surface area contributed by atoms with Crippen molar-refractivity contribution in [1.29, 1.82) is 0 Å². The summed E-state index contributed by atoms with van der Waals surface area (Å²) in [6.45, 7) is 2.09. The zero-order chi connectivity index (χ0) is 11.1. The lowest BCUT2D eigenvalue weighted by atomic mass is 10.2. The number of hydrogen-bond donors (Lipinski definition) is 2. The Morgan fingerprint density at radius 3 is 2.87 bits per heavy atom. The molecule has 1 rings (SSSR count). The number of phenolic OH excluding ortho intramolecular Hbond substituents is 1. The number of phenols is 1. The maximum absolute atomic E-state index is 10.9. The van der Waals surface area contributed by atoms with Gasteiger partial charge in [0, 0.05) is 6.42 Å². The smallest absolute Gasteiger partial charge is 0.220 e. The van der Waals surface area contributed by atoms with Crippen molar-refractivity contribution in [3.8, 4) is 17.6 Å². The summed E-state index contributed by atoms with van der Waals surface area (Å²) in [5.74, 6) is 5.68. The largest absolute Gasteiger partial charge is 0.507 e. The molecule has 0 bridgehead atoms. The molecule has 3 heteroatoms. The lowest BCUT2D eigenvalue weighted by Gasteiger charge is -1.96. The van der Waals surface area contributed by atoms with E-state index in [1.165, 1.54) is 0 Å². The molecule has 1 aromatic carbocycles. The van der Waals surface area contributed by atoms with Crippen LogP contribution in [-0.4, -0.2) is 17.6 Å². The van der Waals surface area contributed by atoms with Gasteiger partial charge in [-0.1, -0.05) is 30.9 Å². The Morgan fingerprint density at radius 1 is 1.47 bits per heavy atom. The van der Waals surface area contributed by atoms with Crippen molar-refractivity contribution in [2.75, 3.05) is 6.54 Å². The van der Waals surface area contributed by atoms with Crippen LogP contribution in [-0.2, 0) is 4.79 Å². The molecule has 0 atom stereocenters. The van der Waals surface area contributed by atoms with Gasteiger partial charge in [0.25, 0.3) is 0 Å². The third-order valence-electron chi connectivity index (χ3n) is 1.82. The molecule has 0 heterocycles. The van der Waals surface area contributed by atoms with Gasteiger partial charge in [-0.2, -0.15) is 0 Å². The second kappa shape index (κ2) is 5.71. The van der Waals surface area contributed by atoms with Crippen LogP contribution in [0.1, 0.15) is 18.9 Å². The molecule has 1 aromatic rings. The molecule has 3 nitrogen and oxygen atoms in total. The van der Waals surface area contributed by atoms with Crippen LogP contribution in [0.5, 0.6) is 5.75 Å². The standard InChI is InChI=1S/C12H13NO2/c1-2-12(15)13-9-5-7-10-6-3-4-8-11(10)14/h3-4,6,8,14H,2,9H2,1H3,(H,13,15). The minimum absolute atomic E-state index is 0.0263. The number of benzene rings is 1. The van der Waals surface area contributed by atoms with Crippen molar-refractivity contribution < 1.29 is 9.90 Å². The first-order valence-electron chi connectivity index (χ1n) is 4.77. The van der Waals surface area contributed by atoms with E-state index in [0.717, 1.165) is 0 Å². The molecule has 0 aliphatic carbocycles. The maximum Gasteiger partial charge on any atom is 0.220 e. The van der Waals surface area contributed by atoms with Crippen molar-refractivity contribution in [1.82, 2.24) is 5.32 Å². The minimum atomic E-state index is -0.0263. The Hall–Kier alpha value is -1.95. The monoisotopic (exact) mass is 203 g/mol. The Morgan fingerprint density at radius 2 is 2.20 bits per heavy atom. The van der Waals surface area contributed by atoms with Crippen molar-refractivity contribution in [3.63, 3.8) is 0 Å². The van der Waals surface area contributed by atoms with Crippen LogP contribution < -0.4 is 5.32 Å². The summed E-state index contributed by atoms with van der Waals surface area (Å²) in [5.41, 5.74) is 0.572. The first-order valence-corrected chi connectivity index (χ1v) is 4.77. The zero-order valence-corrected chi connectivity index (χ0v) is 8.58. The van der Waals surface area contributed by atoms with Gasteiger partial charge in [0.05, 0.1) is 12.1 Å². The summed E-state index contributed by atoms with van der Waals surface area (Å²) >= 11 is 0. The topological polar surface area (TPSA) is 49.3 Å². The molecule has 0 unspecified atom stereocenters. The third kappa shape index (κ3) is 3.74. The molecule has 1 amide bonds. The van der Waals surface area contributed by atoms with Crippen LogP contribution in [0.3, 0.4) is 0 Å². The summed E-state index contributed by atoms with van der Waals surface area (Å²) in [6.07, 6.45) is 0.457. The molecule has 0 aliphatic heterocycles. The molecule has 0 aromatic heterocycles. The predicted molar refractivity (Wildman–Crippen MR) is 58.3 cm³/mol. The predicted octanol–water partition coefficient (Wildman–Crippen LogP) is 1.27. The Labute approximate surface area is 89.1 Å². The van der Waals surface area contributed by atoms with Gasteiger partial charge >= 0.3 is 0 Å². The summed E-state index contributed by atoms with van der Waals surface area (Å²) < 4.78 is 0. The number of rotatable bonds is 2. The number of carbonyl (C=O) groups is 1. The average molecular weight is 203 g/mol. The molecule has 0 spiro atoms. The number of carbonyl (C=O) groups excluding carboxylic acids is 1. The van der Waals surface area contributed by atoms with Gasteiger partial charge in [-0.15, -0.1) is 0 Å².